The molecule has 90 valence electrons. The molecule has 0 amide bonds. The maximum Gasteiger partial charge on any atom is 0.101 e. The van der Waals surface area contributed by atoms with Gasteiger partial charge >= 0.3 is 0 Å². The maximum absolute atomic E-state index is 9.07. The van der Waals surface area contributed by atoms with E-state index in [-0.39, 0.29) is 0 Å². The molecule has 1 aliphatic rings. The smallest absolute Gasteiger partial charge is 0.101 e. The Morgan fingerprint density at radius 1 is 1.53 bits per heavy atom. The van der Waals surface area contributed by atoms with Crippen LogP contribution in [0.25, 0.3) is 0 Å². The summed E-state index contributed by atoms with van der Waals surface area (Å²) in [7, 11) is 0. The minimum Gasteiger partial charge on any atom is -0.381 e. The van der Waals surface area contributed by atoms with Gasteiger partial charge in [0, 0.05) is 16.6 Å². The van der Waals surface area contributed by atoms with Crippen molar-refractivity contribution >= 4 is 21.6 Å². The summed E-state index contributed by atoms with van der Waals surface area (Å²) in [5.41, 5.74) is 1.64. The van der Waals surface area contributed by atoms with Gasteiger partial charge in [-0.05, 0) is 44.5 Å². The number of benzene rings is 1. The van der Waals surface area contributed by atoms with E-state index in [1.54, 1.807) is 0 Å². The average molecular weight is 294 g/mol. The lowest BCUT2D eigenvalue weighted by Gasteiger charge is -2.29. The molecule has 1 heterocycles. The van der Waals surface area contributed by atoms with Crippen LogP contribution in [-0.4, -0.2) is 18.6 Å². The fraction of sp³-hybridized carbons (Fsp3) is 0.462. The molecule has 0 saturated carbocycles. The molecule has 0 spiro atoms. The van der Waals surface area contributed by atoms with E-state index in [0.29, 0.717) is 17.6 Å². The molecule has 4 heteroatoms. The van der Waals surface area contributed by atoms with Gasteiger partial charge in [0.15, 0.2) is 0 Å². The van der Waals surface area contributed by atoms with E-state index in [9.17, 15) is 0 Å². The molecule has 2 N–H and O–H groups in total. The van der Waals surface area contributed by atoms with Crippen molar-refractivity contribution in [2.45, 2.75) is 31.8 Å². The topological polar surface area (TPSA) is 47.9 Å². The van der Waals surface area contributed by atoms with Crippen LogP contribution in [0.2, 0.25) is 0 Å². The standard InChI is InChI=1S/C13H16BrN3/c1-9-6-12(4-5-16-9)17-13-7-11(14)3-2-10(13)8-15/h2-3,7,9,12,16-17H,4-6H2,1H3. The summed E-state index contributed by atoms with van der Waals surface area (Å²) in [5, 5.41) is 16.0. The lowest BCUT2D eigenvalue weighted by atomic mass is 10.00. The van der Waals surface area contributed by atoms with Gasteiger partial charge < -0.3 is 10.6 Å². The maximum atomic E-state index is 9.07. The molecule has 0 bridgehead atoms. The number of hydrogen-bond donors (Lipinski definition) is 2. The summed E-state index contributed by atoms with van der Waals surface area (Å²) in [5.74, 6) is 0. The highest BCUT2D eigenvalue weighted by Crippen LogP contribution is 2.23. The second-order valence-corrected chi connectivity index (χ2v) is 5.44. The van der Waals surface area contributed by atoms with Gasteiger partial charge in [0.2, 0.25) is 0 Å². The molecule has 2 rings (SSSR count). The third kappa shape index (κ3) is 3.21. The Morgan fingerprint density at radius 3 is 3.06 bits per heavy atom. The second kappa shape index (κ2) is 5.52. The van der Waals surface area contributed by atoms with E-state index in [4.69, 9.17) is 5.26 Å². The van der Waals surface area contributed by atoms with Gasteiger partial charge in [-0.3, -0.25) is 0 Å². The average Bonchev–Trinajstić information content (AvgIpc) is 2.29. The summed E-state index contributed by atoms with van der Waals surface area (Å²) < 4.78 is 1.00. The van der Waals surface area contributed by atoms with Crippen molar-refractivity contribution in [3.05, 3.63) is 28.2 Å². The van der Waals surface area contributed by atoms with Crippen molar-refractivity contribution in [3.63, 3.8) is 0 Å². The van der Waals surface area contributed by atoms with Crippen LogP contribution in [0.15, 0.2) is 22.7 Å². The normalized spacial score (nSPS) is 24.1. The van der Waals surface area contributed by atoms with Gasteiger partial charge in [-0.25, -0.2) is 0 Å². The number of anilines is 1. The van der Waals surface area contributed by atoms with E-state index < -0.39 is 0 Å². The zero-order chi connectivity index (χ0) is 12.3. The molecule has 1 aliphatic heterocycles. The van der Waals surface area contributed by atoms with Crippen LogP contribution >= 0.6 is 15.9 Å². The van der Waals surface area contributed by atoms with Crippen molar-refractivity contribution in [1.82, 2.24) is 5.32 Å². The Labute approximate surface area is 110 Å². The van der Waals surface area contributed by atoms with Gasteiger partial charge in [-0.2, -0.15) is 5.26 Å². The molecule has 1 fully saturated rings. The predicted octanol–water partition coefficient (Wildman–Crippen LogP) is 2.87. The summed E-state index contributed by atoms with van der Waals surface area (Å²) in [6.45, 7) is 3.23. The van der Waals surface area contributed by atoms with Gasteiger partial charge in [-0.15, -0.1) is 0 Å². The summed E-state index contributed by atoms with van der Waals surface area (Å²) in [6.07, 6.45) is 2.19. The van der Waals surface area contributed by atoms with Crippen molar-refractivity contribution in [3.8, 4) is 6.07 Å². The summed E-state index contributed by atoms with van der Waals surface area (Å²) in [4.78, 5) is 0. The van der Waals surface area contributed by atoms with E-state index in [0.717, 1.165) is 29.5 Å². The first kappa shape index (κ1) is 12.4. The first-order valence-electron chi connectivity index (χ1n) is 5.88. The quantitative estimate of drug-likeness (QED) is 0.881. The Morgan fingerprint density at radius 2 is 2.35 bits per heavy atom. The lowest BCUT2D eigenvalue weighted by molar-refractivity contribution is 0.396. The lowest BCUT2D eigenvalue weighted by Crippen LogP contribution is -2.41. The van der Waals surface area contributed by atoms with Crippen LogP contribution in [-0.2, 0) is 0 Å². The minimum absolute atomic E-state index is 0.452. The van der Waals surface area contributed by atoms with Crippen LogP contribution in [0, 0.1) is 11.3 Å². The van der Waals surface area contributed by atoms with Crippen LogP contribution in [0.1, 0.15) is 25.3 Å². The second-order valence-electron chi connectivity index (χ2n) is 4.52. The van der Waals surface area contributed by atoms with E-state index in [1.807, 2.05) is 18.2 Å². The number of hydrogen-bond acceptors (Lipinski definition) is 3. The van der Waals surface area contributed by atoms with Crippen molar-refractivity contribution in [2.75, 3.05) is 11.9 Å². The van der Waals surface area contributed by atoms with Crippen molar-refractivity contribution in [2.24, 2.45) is 0 Å². The number of halogens is 1. The zero-order valence-corrected chi connectivity index (χ0v) is 11.4. The SMILES string of the molecule is CC1CC(Nc2cc(Br)ccc2C#N)CCN1. The van der Waals surface area contributed by atoms with Crippen LogP contribution in [0.5, 0.6) is 0 Å². The van der Waals surface area contributed by atoms with Crippen molar-refractivity contribution < 1.29 is 0 Å². The minimum atomic E-state index is 0.452. The Bertz CT molecular complexity index is 439. The van der Waals surface area contributed by atoms with Crippen LogP contribution in [0.4, 0.5) is 5.69 Å². The largest absolute Gasteiger partial charge is 0.381 e. The third-order valence-corrected chi connectivity index (χ3v) is 3.58. The number of nitriles is 1. The Hall–Kier alpha value is -1.05. The van der Waals surface area contributed by atoms with Gasteiger partial charge in [0.05, 0.1) is 11.3 Å². The zero-order valence-electron chi connectivity index (χ0n) is 9.83. The van der Waals surface area contributed by atoms with Crippen LogP contribution < -0.4 is 10.6 Å². The molecule has 17 heavy (non-hydrogen) atoms. The molecule has 1 saturated heterocycles. The molecule has 0 aliphatic carbocycles. The molecule has 0 aromatic heterocycles. The molecular formula is C13H16BrN3. The van der Waals surface area contributed by atoms with Gasteiger partial charge in [0.1, 0.15) is 6.07 Å². The fourth-order valence-corrected chi connectivity index (χ4v) is 2.58. The summed E-state index contributed by atoms with van der Waals surface area (Å²) in [6, 6.07) is 8.94. The molecule has 3 nitrogen and oxygen atoms in total. The van der Waals surface area contributed by atoms with E-state index in [2.05, 4.69) is 39.6 Å². The van der Waals surface area contributed by atoms with Gasteiger partial charge in [-0.1, -0.05) is 15.9 Å². The highest BCUT2D eigenvalue weighted by Gasteiger charge is 2.18. The van der Waals surface area contributed by atoms with E-state index >= 15 is 0 Å². The molecule has 1 aromatic carbocycles. The Kier molecular flexibility index (Phi) is 4.03. The molecule has 2 unspecified atom stereocenters. The van der Waals surface area contributed by atoms with Gasteiger partial charge in [0.25, 0.3) is 0 Å². The highest BCUT2D eigenvalue weighted by atomic mass is 79.9. The Balaban J connectivity index is 2.12. The third-order valence-electron chi connectivity index (χ3n) is 3.09. The molecule has 0 radical (unpaired) electrons. The first-order chi connectivity index (χ1) is 8.19. The first-order valence-corrected chi connectivity index (χ1v) is 6.68. The summed E-state index contributed by atoms with van der Waals surface area (Å²) >= 11 is 3.44. The monoisotopic (exact) mass is 293 g/mol. The van der Waals surface area contributed by atoms with Crippen molar-refractivity contribution in [1.29, 1.82) is 5.26 Å². The molecule has 1 aromatic rings. The number of nitrogens with zero attached hydrogens (tertiary/aromatic N) is 1. The highest BCUT2D eigenvalue weighted by molar-refractivity contribution is 9.10. The fourth-order valence-electron chi connectivity index (χ4n) is 2.22. The molecular weight excluding hydrogens is 278 g/mol. The number of nitrogens with one attached hydrogen (secondary N) is 2. The van der Waals surface area contributed by atoms with Crippen LogP contribution in [0.3, 0.4) is 0 Å². The van der Waals surface area contributed by atoms with E-state index in [1.165, 1.54) is 0 Å². The predicted molar refractivity (Wildman–Crippen MR) is 73.0 cm³/mol. The molecule has 2 atom stereocenters. The number of piperidine rings is 1. The number of rotatable bonds is 2.